The Morgan fingerprint density at radius 3 is 3.18 bits per heavy atom. The molecule has 0 spiro atoms. The maximum absolute atomic E-state index is 4.16. The van der Waals surface area contributed by atoms with Gasteiger partial charge in [-0.3, -0.25) is 4.98 Å². The molecule has 0 amide bonds. The van der Waals surface area contributed by atoms with E-state index in [1.54, 1.807) is 6.20 Å². The molecule has 53 valence electrons. The number of rotatable bonds is 0. The normalized spacial score (nSPS) is 10.3. The summed E-state index contributed by atoms with van der Waals surface area (Å²) >= 11 is 0. The molecule has 0 N–H and O–H groups in total. The van der Waals surface area contributed by atoms with E-state index >= 15 is 0 Å². The Hall–Kier alpha value is -1.44. The third kappa shape index (κ3) is 1.07. The summed E-state index contributed by atoms with van der Waals surface area (Å²) in [7, 11) is 0. The summed E-state index contributed by atoms with van der Waals surface area (Å²) in [5, 5.41) is 0. The Morgan fingerprint density at radius 1 is 1.36 bits per heavy atom. The summed E-state index contributed by atoms with van der Waals surface area (Å²) in [6.45, 7) is 1.96. The van der Waals surface area contributed by atoms with Crippen LogP contribution in [0.15, 0.2) is 24.4 Å². The van der Waals surface area contributed by atoms with Crippen LogP contribution in [0.2, 0.25) is 0 Å². The van der Waals surface area contributed by atoms with Gasteiger partial charge in [-0.15, -0.1) is 0 Å². The Morgan fingerprint density at radius 2 is 2.27 bits per heavy atom. The van der Waals surface area contributed by atoms with E-state index in [0.29, 0.717) is 0 Å². The summed E-state index contributed by atoms with van der Waals surface area (Å²) in [4.78, 5) is 8.25. The van der Waals surface area contributed by atoms with E-state index in [2.05, 4.69) is 16.2 Å². The van der Waals surface area contributed by atoms with Gasteiger partial charge < -0.3 is 0 Å². The molecule has 2 heteroatoms. The molecular formula is C9H7N2. The van der Waals surface area contributed by atoms with Gasteiger partial charge in [0.25, 0.3) is 0 Å². The Balaban J connectivity index is 2.83. The molecule has 0 aromatic carbocycles. The molecule has 0 atom stereocenters. The van der Waals surface area contributed by atoms with E-state index in [9.17, 15) is 0 Å². The fourth-order valence-electron chi connectivity index (χ4n) is 1.00. The van der Waals surface area contributed by atoms with Crippen LogP contribution in [0.25, 0.3) is 11.0 Å². The average molecular weight is 143 g/mol. The maximum Gasteiger partial charge on any atom is 0.0927 e. The minimum atomic E-state index is 0.901. The lowest BCUT2D eigenvalue weighted by molar-refractivity contribution is 1.28. The second-order valence-electron chi connectivity index (χ2n) is 2.46. The van der Waals surface area contributed by atoms with Gasteiger partial charge in [-0.1, -0.05) is 0 Å². The van der Waals surface area contributed by atoms with E-state index in [0.717, 1.165) is 16.6 Å². The van der Waals surface area contributed by atoms with Gasteiger partial charge in [-0.25, -0.2) is 4.98 Å². The Kier molecular flexibility index (Phi) is 1.32. The molecule has 0 fully saturated rings. The zero-order valence-electron chi connectivity index (χ0n) is 6.20. The Labute approximate surface area is 64.9 Å². The third-order valence-electron chi connectivity index (χ3n) is 1.52. The van der Waals surface area contributed by atoms with Crippen LogP contribution in [0.4, 0.5) is 0 Å². The summed E-state index contributed by atoms with van der Waals surface area (Å²) < 4.78 is 0. The predicted octanol–water partition coefficient (Wildman–Crippen LogP) is 1.74. The van der Waals surface area contributed by atoms with Gasteiger partial charge in [0.05, 0.1) is 17.2 Å². The van der Waals surface area contributed by atoms with Crippen molar-refractivity contribution >= 4 is 11.0 Å². The molecule has 2 aromatic rings. The zero-order chi connectivity index (χ0) is 7.68. The lowest BCUT2D eigenvalue weighted by atomic mass is 10.2. The molecule has 2 heterocycles. The highest BCUT2D eigenvalue weighted by molar-refractivity contribution is 5.73. The van der Waals surface area contributed by atoms with Crippen LogP contribution in [0.1, 0.15) is 5.56 Å². The molecule has 0 saturated carbocycles. The van der Waals surface area contributed by atoms with Crippen LogP contribution in [-0.4, -0.2) is 9.97 Å². The molecule has 2 nitrogen and oxygen atoms in total. The largest absolute Gasteiger partial charge is 0.255 e. The molecule has 0 aliphatic heterocycles. The van der Waals surface area contributed by atoms with Gasteiger partial charge in [-0.05, 0) is 30.7 Å². The molecule has 2 rings (SSSR count). The first-order valence-electron chi connectivity index (χ1n) is 3.46. The van der Waals surface area contributed by atoms with Crippen molar-refractivity contribution in [3.8, 4) is 0 Å². The minimum Gasteiger partial charge on any atom is -0.255 e. The second-order valence-corrected chi connectivity index (χ2v) is 2.46. The topological polar surface area (TPSA) is 25.8 Å². The number of aryl methyl sites for hydroxylation is 1. The summed E-state index contributed by atoms with van der Waals surface area (Å²) in [6, 6.07) is 5.78. The fraction of sp³-hybridized carbons (Fsp3) is 0.111. The molecule has 0 aliphatic rings. The first-order valence-corrected chi connectivity index (χ1v) is 3.46. The van der Waals surface area contributed by atoms with Crippen molar-refractivity contribution in [3.05, 3.63) is 36.2 Å². The second kappa shape index (κ2) is 2.31. The first-order chi connectivity index (χ1) is 5.36. The summed E-state index contributed by atoms with van der Waals surface area (Å²) in [5.74, 6) is 0. The van der Waals surface area contributed by atoms with Gasteiger partial charge in [0.1, 0.15) is 0 Å². The van der Waals surface area contributed by atoms with Crippen LogP contribution in [0.3, 0.4) is 0 Å². The highest BCUT2D eigenvalue weighted by Gasteiger charge is 1.93. The van der Waals surface area contributed by atoms with Crippen LogP contribution in [-0.2, 0) is 0 Å². The Bertz CT molecular complexity index is 382. The number of hydrogen-bond donors (Lipinski definition) is 0. The van der Waals surface area contributed by atoms with Gasteiger partial charge in [-0.2, -0.15) is 0 Å². The van der Waals surface area contributed by atoms with Crippen molar-refractivity contribution in [3.63, 3.8) is 0 Å². The van der Waals surface area contributed by atoms with E-state index < -0.39 is 0 Å². The average Bonchev–Trinajstić information content (AvgIpc) is 2.04. The van der Waals surface area contributed by atoms with Crippen LogP contribution < -0.4 is 0 Å². The fourth-order valence-corrected chi connectivity index (χ4v) is 1.00. The first kappa shape index (κ1) is 6.28. The van der Waals surface area contributed by atoms with Crippen LogP contribution in [0, 0.1) is 13.1 Å². The van der Waals surface area contributed by atoms with E-state index in [1.165, 1.54) is 0 Å². The van der Waals surface area contributed by atoms with Crippen LogP contribution in [0.5, 0.6) is 0 Å². The minimum absolute atomic E-state index is 0.901. The van der Waals surface area contributed by atoms with Gasteiger partial charge in [0, 0.05) is 6.20 Å². The highest BCUT2D eigenvalue weighted by atomic mass is 14.7. The highest BCUT2D eigenvalue weighted by Crippen LogP contribution is 2.07. The maximum atomic E-state index is 4.16. The molecule has 0 aliphatic carbocycles. The van der Waals surface area contributed by atoms with Crippen molar-refractivity contribution in [1.82, 2.24) is 9.97 Å². The monoisotopic (exact) mass is 143 g/mol. The molecular weight excluding hydrogens is 136 g/mol. The van der Waals surface area contributed by atoms with Crippen molar-refractivity contribution in [2.75, 3.05) is 0 Å². The van der Waals surface area contributed by atoms with Crippen molar-refractivity contribution < 1.29 is 0 Å². The van der Waals surface area contributed by atoms with Gasteiger partial charge in [0.2, 0.25) is 0 Å². The van der Waals surface area contributed by atoms with Gasteiger partial charge >= 0.3 is 0 Å². The number of aromatic nitrogens is 2. The molecule has 1 radical (unpaired) electrons. The van der Waals surface area contributed by atoms with Gasteiger partial charge in [0.15, 0.2) is 0 Å². The summed E-state index contributed by atoms with van der Waals surface area (Å²) in [5.41, 5.74) is 2.86. The molecule has 0 bridgehead atoms. The standard InChI is InChI=1S/C9H7N2/c1-7-5-9-8(11-6-7)3-2-4-10-9/h2-5H,1H3. The quantitative estimate of drug-likeness (QED) is 0.561. The number of nitrogens with zero attached hydrogens (tertiary/aromatic N) is 2. The number of pyridine rings is 2. The smallest absolute Gasteiger partial charge is 0.0927 e. The molecule has 0 unspecified atom stereocenters. The number of fused-ring (bicyclic) bond motifs is 1. The van der Waals surface area contributed by atoms with E-state index in [4.69, 9.17) is 0 Å². The molecule has 11 heavy (non-hydrogen) atoms. The molecule has 0 saturated heterocycles. The van der Waals surface area contributed by atoms with E-state index in [1.807, 2.05) is 25.1 Å². The summed E-state index contributed by atoms with van der Waals surface area (Å²) in [6.07, 6.45) is 4.65. The third-order valence-corrected chi connectivity index (χ3v) is 1.52. The zero-order valence-corrected chi connectivity index (χ0v) is 6.20. The van der Waals surface area contributed by atoms with Crippen molar-refractivity contribution in [1.29, 1.82) is 0 Å². The predicted molar refractivity (Wildman–Crippen MR) is 43.1 cm³/mol. The lowest BCUT2D eigenvalue weighted by Crippen LogP contribution is -1.83. The van der Waals surface area contributed by atoms with Crippen molar-refractivity contribution in [2.45, 2.75) is 6.92 Å². The lowest BCUT2D eigenvalue weighted by Gasteiger charge is -1.94. The van der Waals surface area contributed by atoms with Crippen molar-refractivity contribution in [2.24, 2.45) is 0 Å². The SMILES string of the molecule is Cc1[c]nc2cccnc2c1. The van der Waals surface area contributed by atoms with Crippen LogP contribution >= 0.6 is 0 Å². The van der Waals surface area contributed by atoms with E-state index in [-0.39, 0.29) is 0 Å². The number of hydrogen-bond acceptors (Lipinski definition) is 2. The molecule has 2 aromatic heterocycles.